The standard InChI is InChI=1S/C21H26F2N3OP/c1-15-6-8-16(9-7-15)14-25-10-12-26(13-11-25)20(27)24-18-5-3-4-17(19(18)28)21(2,22)23/h3-9H,10-14,28H2,1-2H3,(H,24,27). The van der Waals surface area contributed by atoms with Gasteiger partial charge in [-0.3, -0.25) is 4.90 Å². The molecule has 4 nitrogen and oxygen atoms in total. The molecule has 7 heteroatoms. The molecular weight excluding hydrogens is 379 g/mol. The summed E-state index contributed by atoms with van der Waals surface area (Å²) in [5.41, 5.74) is 2.80. The second kappa shape index (κ2) is 8.54. The summed E-state index contributed by atoms with van der Waals surface area (Å²) in [5, 5.41) is 3.10. The van der Waals surface area contributed by atoms with Crippen LogP contribution in [0, 0.1) is 6.92 Å². The highest BCUT2D eigenvalue weighted by Crippen LogP contribution is 2.28. The minimum absolute atomic E-state index is 0.0989. The maximum absolute atomic E-state index is 13.7. The van der Waals surface area contributed by atoms with Gasteiger partial charge in [-0.05, 0) is 18.6 Å². The van der Waals surface area contributed by atoms with Gasteiger partial charge in [0.15, 0.2) is 0 Å². The number of rotatable bonds is 4. The molecule has 0 radical (unpaired) electrons. The lowest BCUT2D eigenvalue weighted by atomic mass is 10.1. The van der Waals surface area contributed by atoms with Crippen molar-refractivity contribution in [3.05, 3.63) is 59.2 Å². The Labute approximate surface area is 167 Å². The van der Waals surface area contributed by atoms with Crippen LogP contribution in [-0.4, -0.2) is 42.0 Å². The molecule has 2 amide bonds. The highest BCUT2D eigenvalue weighted by molar-refractivity contribution is 7.28. The van der Waals surface area contributed by atoms with Gasteiger partial charge in [-0.15, -0.1) is 9.24 Å². The van der Waals surface area contributed by atoms with Gasteiger partial charge in [0.25, 0.3) is 5.92 Å². The Bertz CT molecular complexity index is 829. The molecule has 0 bridgehead atoms. The van der Waals surface area contributed by atoms with Crippen LogP contribution in [-0.2, 0) is 12.5 Å². The number of halogens is 2. The van der Waals surface area contributed by atoms with E-state index in [-0.39, 0.29) is 11.6 Å². The highest BCUT2D eigenvalue weighted by atomic mass is 31.0. The first-order chi connectivity index (χ1) is 13.2. The summed E-state index contributed by atoms with van der Waals surface area (Å²) in [4.78, 5) is 16.6. The van der Waals surface area contributed by atoms with Crippen LogP contribution in [0.4, 0.5) is 19.3 Å². The first-order valence-corrected chi connectivity index (χ1v) is 9.92. The van der Waals surface area contributed by atoms with Gasteiger partial charge >= 0.3 is 6.03 Å². The molecule has 1 aliphatic rings. The molecule has 0 aromatic heterocycles. The van der Waals surface area contributed by atoms with Crippen molar-refractivity contribution in [1.82, 2.24) is 9.80 Å². The van der Waals surface area contributed by atoms with Crippen LogP contribution in [0.1, 0.15) is 23.6 Å². The number of piperazine rings is 1. The lowest BCUT2D eigenvalue weighted by molar-refractivity contribution is 0.0186. The number of anilines is 1. The van der Waals surface area contributed by atoms with Gasteiger partial charge in [0.2, 0.25) is 0 Å². The number of hydrogen-bond acceptors (Lipinski definition) is 2. The lowest BCUT2D eigenvalue weighted by Gasteiger charge is -2.35. The number of nitrogens with zero attached hydrogens (tertiary/aromatic N) is 2. The van der Waals surface area contributed by atoms with E-state index in [0.29, 0.717) is 24.1 Å². The van der Waals surface area contributed by atoms with Crippen molar-refractivity contribution in [3.8, 4) is 0 Å². The highest BCUT2D eigenvalue weighted by Gasteiger charge is 2.28. The molecule has 0 saturated carbocycles. The smallest absolute Gasteiger partial charge is 0.321 e. The fourth-order valence-electron chi connectivity index (χ4n) is 3.31. The number of aryl methyl sites for hydroxylation is 1. The second-order valence-electron chi connectivity index (χ2n) is 7.33. The average molecular weight is 405 g/mol. The number of urea groups is 1. The summed E-state index contributed by atoms with van der Waals surface area (Å²) in [7, 11) is 2.32. The van der Waals surface area contributed by atoms with Crippen LogP contribution in [0.5, 0.6) is 0 Å². The molecule has 3 rings (SSSR count). The number of carbonyl (C=O) groups excluding carboxylic acids is 1. The fraction of sp³-hybridized carbons (Fsp3) is 0.381. The lowest BCUT2D eigenvalue weighted by Crippen LogP contribution is -2.49. The SMILES string of the molecule is Cc1ccc(CN2CCN(C(=O)Nc3cccc(C(C)(F)F)c3P)CC2)cc1. The predicted octanol–water partition coefficient (Wildman–Crippen LogP) is 3.96. The van der Waals surface area contributed by atoms with Gasteiger partial charge in [0.1, 0.15) is 0 Å². The summed E-state index contributed by atoms with van der Waals surface area (Å²) in [6, 6.07) is 12.8. The number of nitrogens with one attached hydrogen (secondary N) is 1. The molecule has 2 aromatic carbocycles. The molecule has 1 heterocycles. The number of hydrogen-bond donors (Lipinski definition) is 1. The number of alkyl halides is 2. The zero-order chi connectivity index (χ0) is 20.3. The van der Waals surface area contributed by atoms with Crippen molar-refractivity contribution in [2.75, 3.05) is 31.5 Å². The molecule has 1 fully saturated rings. The normalized spacial score (nSPS) is 15.5. The quantitative estimate of drug-likeness (QED) is 0.782. The molecule has 1 N–H and O–H groups in total. The molecule has 1 unspecified atom stereocenters. The topological polar surface area (TPSA) is 35.6 Å². The van der Waals surface area contributed by atoms with Crippen molar-refractivity contribution in [3.63, 3.8) is 0 Å². The summed E-state index contributed by atoms with van der Waals surface area (Å²) in [5.74, 6) is -2.96. The zero-order valence-electron chi connectivity index (χ0n) is 16.2. The molecule has 28 heavy (non-hydrogen) atoms. The van der Waals surface area contributed by atoms with Crippen molar-refractivity contribution in [2.45, 2.75) is 26.3 Å². The Morgan fingerprint density at radius 1 is 1.11 bits per heavy atom. The third-order valence-corrected chi connectivity index (χ3v) is 5.63. The summed E-state index contributed by atoms with van der Waals surface area (Å²) in [6.45, 7) is 6.55. The number of amides is 2. The number of benzene rings is 2. The molecular formula is C21H26F2N3OP. The minimum Gasteiger partial charge on any atom is -0.322 e. The van der Waals surface area contributed by atoms with E-state index >= 15 is 0 Å². The van der Waals surface area contributed by atoms with Gasteiger partial charge in [0, 0.05) is 50.5 Å². The summed E-state index contributed by atoms with van der Waals surface area (Å²) < 4.78 is 27.4. The van der Waals surface area contributed by atoms with Crippen LogP contribution in [0.15, 0.2) is 42.5 Å². The summed E-state index contributed by atoms with van der Waals surface area (Å²) >= 11 is 0. The second-order valence-corrected chi connectivity index (χ2v) is 7.91. The minimum atomic E-state index is -2.96. The van der Waals surface area contributed by atoms with Gasteiger partial charge in [-0.25, -0.2) is 13.6 Å². The Hall–Kier alpha value is -2.04. The number of carbonyl (C=O) groups is 1. The van der Waals surface area contributed by atoms with E-state index in [0.717, 1.165) is 26.6 Å². The van der Waals surface area contributed by atoms with Crippen LogP contribution < -0.4 is 10.6 Å². The van der Waals surface area contributed by atoms with Gasteiger partial charge in [-0.2, -0.15) is 0 Å². The maximum atomic E-state index is 13.7. The Morgan fingerprint density at radius 2 is 1.75 bits per heavy atom. The molecule has 0 aliphatic carbocycles. The first kappa shape index (κ1) is 20.7. The van der Waals surface area contributed by atoms with E-state index in [1.807, 2.05) is 0 Å². The fourth-order valence-corrected chi connectivity index (χ4v) is 3.83. The van der Waals surface area contributed by atoms with Crippen molar-refractivity contribution in [2.24, 2.45) is 0 Å². The Balaban J connectivity index is 1.56. The third kappa shape index (κ3) is 5.06. The molecule has 150 valence electrons. The largest absolute Gasteiger partial charge is 0.322 e. The van der Waals surface area contributed by atoms with E-state index in [1.165, 1.54) is 23.3 Å². The summed E-state index contributed by atoms with van der Waals surface area (Å²) in [6.07, 6.45) is 0. The van der Waals surface area contributed by atoms with Gasteiger partial charge in [0.05, 0.1) is 5.69 Å². The molecule has 1 atom stereocenters. The molecule has 1 saturated heterocycles. The van der Waals surface area contributed by atoms with E-state index in [2.05, 4.69) is 50.6 Å². The molecule has 2 aromatic rings. The van der Waals surface area contributed by atoms with Gasteiger partial charge < -0.3 is 10.2 Å². The maximum Gasteiger partial charge on any atom is 0.321 e. The average Bonchev–Trinajstić information content (AvgIpc) is 2.65. The predicted molar refractivity (Wildman–Crippen MR) is 112 cm³/mol. The Morgan fingerprint density at radius 3 is 2.36 bits per heavy atom. The van der Waals surface area contributed by atoms with Gasteiger partial charge in [-0.1, -0.05) is 42.0 Å². The van der Waals surface area contributed by atoms with E-state index < -0.39 is 5.92 Å². The van der Waals surface area contributed by atoms with E-state index in [9.17, 15) is 13.6 Å². The third-order valence-electron chi connectivity index (χ3n) is 5.01. The van der Waals surface area contributed by atoms with Crippen molar-refractivity contribution in [1.29, 1.82) is 0 Å². The van der Waals surface area contributed by atoms with E-state index in [1.54, 1.807) is 11.0 Å². The zero-order valence-corrected chi connectivity index (χ0v) is 17.4. The Kier molecular flexibility index (Phi) is 6.31. The van der Waals surface area contributed by atoms with Crippen molar-refractivity contribution < 1.29 is 13.6 Å². The monoisotopic (exact) mass is 405 g/mol. The molecule has 1 aliphatic heterocycles. The van der Waals surface area contributed by atoms with Crippen molar-refractivity contribution >= 4 is 26.3 Å². The van der Waals surface area contributed by atoms with Crippen LogP contribution >= 0.6 is 9.24 Å². The van der Waals surface area contributed by atoms with Crippen LogP contribution in [0.25, 0.3) is 0 Å². The van der Waals surface area contributed by atoms with Crippen LogP contribution in [0.3, 0.4) is 0 Å². The van der Waals surface area contributed by atoms with Crippen LogP contribution in [0.2, 0.25) is 0 Å². The molecule has 0 spiro atoms. The van der Waals surface area contributed by atoms with E-state index in [4.69, 9.17) is 0 Å². The first-order valence-electron chi connectivity index (χ1n) is 9.34.